The smallest absolute Gasteiger partial charge is 0.248 e. The molecular weight excluding hydrogens is 394 g/mol. The monoisotopic (exact) mass is 417 g/mol. The van der Waals surface area contributed by atoms with Gasteiger partial charge in [0, 0.05) is 17.3 Å². The maximum Gasteiger partial charge on any atom is 0.248 e. The fourth-order valence-corrected chi connectivity index (χ4v) is 3.10. The van der Waals surface area contributed by atoms with E-state index in [0.717, 1.165) is 24.0 Å². The Labute approximate surface area is 180 Å². The standard InChI is InChI=1S/C23H23N5O3/c1-3-13-31-20-11-7-16(14-21(20)30-2)8-12-22(29)24-18-6-4-5-17(15-18)23-25-26-27-28(23)19-9-10-19/h3-8,11-12,14-15,19H,1,9-10,13H2,2H3,(H,24,29)/b12-8+. The molecule has 0 aliphatic heterocycles. The summed E-state index contributed by atoms with van der Waals surface area (Å²) in [5.41, 5.74) is 2.34. The van der Waals surface area contributed by atoms with Crippen molar-refractivity contribution in [2.75, 3.05) is 19.0 Å². The molecule has 158 valence electrons. The van der Waals surface area contributed by atoms with E-state index in [9.17, 15) is 4.79 Å². The van der Waals surface area contributed by atoms with Gasteiger partial charge in [-0.1, -0.05) is 30.9 Å². The van der Waals surface area contributed by atoms with Crippen LogP contribution < -0.4 is 14.8 Å². The summed E-state index contributed by atoms with van der Waals surface area (Å²) in [4.78, 5) is 12.4. The Morgan fingerprint density at radius 1 is 1.26 bits per heavy atom. The van der Waals surface area contributed by atoms with Crippen molar-refractivity contribution in [2.24, 2.45) is 0 Å². The molecule has 8 nitrogen and oxygen atoms in total. The number of carbonyl (C=O) groups is 1. The van der Waals surface area contributed by atoms with Crippen LogP contribution in [0.3, 0.4) is 0 Å². The first-order valence-corrected chi connectivity index (χ1v) is 9.97. The summed E-state index contributed by atoms with van der Waals surface area (Å²) < 4.78 is 12.7. The minimum atomic E-state index is -0.245. The zero-order chi connectivity index (χ0) is 21.6. The van der Waals surface area contributed by atoms with Crippen molar-refractivity contribution < 1.29 is 14.3 Å². The van der Waals surface area contributed by atoms with Gasteiger partial charge in [-0.05, 0) is 59.2 Å². The predicted octanol–water partition coefficient (Wildman–Crippen LogP) is 3.90. The van der Waals surface area contributed by atoms with Gasteiger partial charge in [0.1, 0.15) is 6.61 Å². The number of amides is 1. The maximum atomic E-state index is 12.4. The third kappa shape index (κ3) is 4.98. The van der Waals surface area contributed by atoms with Gasteiger partial charge in [0.25, 0.3) is 0 Å². The van der Waals surface area contributed by atoms with Gasteiger partial charge < -0.3 is 14.8 Å². The number of tetrazole rings is 1. The molecule has 0 spiro atoms. The maximum absolute atomic E-state index is 12.4. The van der Waals surface area contributed by atoms with Crippen molar-refractivity contribution in [1.29, 1.82) is 0 Å². The summed E-state index contributed by atoms with van der Waals surface area (Å²) in [7, 11) is 1.57. The van der Waals surface area contributed by atoms with Gasteiger partial charge in [-0.15, -0.1) is 5.10 Å². The van der Waals surface area contributed by atoms with Crippen LogP contribution in [0.5, 0.6) is 11.5 Å². The van der Waals surface area contributed by atoms with E-state index in [1.165, 1.54) is 6.08 Å². The molecule has 1 aliphatic carbocycles. The van der Waals surface area contributed by atoms with Gasteiger partial charge in [0.15, 0.2) is 17.3 Å². The van der Waals surface area contributed by atoms with E-state index < -0.39 is 0 Å². The van der Waals surface area contributed by atoms with Crippen molar-refractivity contribution in [1.82, 2.24) is 20.2 Å². The minimum Gasteiger partial charge on any atom is -0.493 e. The van der Waals surface area contributed by atoms with E-state index >= 15 is 0 Å². The largest absolute Gasteiger partial charge is 0.493 e. The van der Waals surface area contributed by atoms with E-state index in [4.69, 9.17) is 9.47 Å². The average Bonchev–Trinajstić information content (AvgIpc) is 3.52. The number of ether oxygens (including phenoxy) is 2. The first kappa shape index (κ1) is 20.3. The number of hydrogen-bond acceptors (Lipinski definition) is 6. The highest BCUT2D eigenvalue weighted by Gasteiger charge is 2.28. The van der Waals surface area contributed by atoms with Crippen molar-refractivity contribution in [3.8, 4) is 22.9 Å². The quantitative estimate of drug-likeness (QED) is 0.419. The second-order valence-electron chi connectivity index (χ2n) is 7.09. The highest BCUT2D eigenvalue weighted by Crippen LogP contribution is 2.36. The van der Waals surface area contributed by atoms with E-state index in [0.29, 0.717) is 35.7 Å². The van der Waals surface area contributed by atoms with Crippen LogP contribution in [0.4, 0.5) is 5.69 Å². The number of methoxy groups -OCH3 is 1. The van der Waals surface area contributed by atoms with Crippen LogP contribution in [0.25, 0.3) is 17.5 Å². The Balaban J connectivity index is 1.43. The lowest BCUT2D eigenvalue weighted by Crippen LogP contribution is -2.08. The molecule has 31 heavy (non-hydrogen) atoms. The Kier molecular flexibility index (Phi) is 6.07. The van der Waals surface area contributed by atoms with Crippen LogP contribution >= 0.6 is 0 Å². The number of aromatic nitrogens is 4. The predicted molar refractivity (Wildman–Crippen MR) is 118 cm³/mol. The zero-order valence-electron chi connectivity index (χ0n) is 17.2. The normalized spacial score (nSPS) is 13.2. The third-order valence-corrected chi connectivity index (χ3v) is 4.75. The van der Waals surface area contributed by atoms with Crippen LogP contribution in [0.15, 0.2) is 61.2 Å². The highest BCUT2D eigenvalue weighted by atomic mass is 16.5. The van der Waals surface area contributed by atoms with Gasteiger partial charge in [-0.3, -0.25) is 4.79 Å². The molecule has 1 aromatic heterocycles. The summed E-state index contributed by atoms with van der Waals surface area (Å²) in [5, 5.41) is 14.9. The fraction of sp³-hybridized carbons (Fsp3) is 0.217. The number of nitrogens with one attached hydrogen (secondary N) is 1. The number of benzene rings is 2. The molecule has 1 amide bonds. The Morgan fingerprint density at radius 3 is 2.90 bits per heavy atom. The summed E-state index contributed by atoms with van der Waals surface area (Å²) in [6.45, 7) is 4.02. The second kappa shape index (κ2) is 9.25. The van der Waals surface area contributed by atoms with Gasteiger partial charge in [-0.2, -0.15) is 0 Å². The second-order valence-corrected chi connectivity index (χ2v) is 7.09. The number of hydrogen-bond donors (Lipinski definition) is 1. The first-order valence-electron chi connectivity index (χ1n) is 9.97. The molecule has 1 saturated carbocycles. The first-order chi connectivity index (χ1) is 15.2. The summed E-state index contributed by atoms with van der Waals surface area (Å²) in [5.74, 6) is 1.67. The third-order valence-electron chi connectivity index (χ3n) is 4.75. The van der Waals surface area contributed by atoms with Crippen molar-refractivity contribution in [3.63, 3.8) is 0 Å². The molecule has 3 aromatic rings. The zero-order valence-corrected chi connectivity index (χ0v) is 17.2. The molecule has 0 unspecified atom stereocenters. The number of rotatable bonds is 9. The Hall–Kier alpha value is -3.94. The molecular formula is C23H23N5O3. The molecule has 2 aromatic carbocycles. The lowest BCUT2D eigenvalue weighted by atomic mass is 10.1. The van der Waals surface area contributed by atoms with Gasteiger partial charge in [0.05, 0.1) is 13.2 Å². The van der Waals surface area contributed by atoms with Crippen LogP contribution in [0.2, 0.25) is 0 Å². The number of nitrogens with zero attached hydrogens (tertiary/aromatic N) is 4. The topological polar surface area (TPSA) is 91.2 Å². The molecule has 1 heterocycles. The number of carbonyl (C=O) groups excluding carboxylic acids is 1. The van der Waals surface area contributed by atoms with Gasteiger partial charge in [0.2, 0.25) is 5.91 Å². The van der Waals surface area contributed by atoms with Crippen LogP contribution in [-0.2, 0) is 4.79 Å². The molecule has 0 radical (unpaired) electrons. The van der Waals surface area contributed by atoms with Crippen molar-refractivity contribution in [2.45, 2.75) is 18.9 Å². The SMILES string of the molecule is C=CCOc1ccc(/C=C/C(=O)Nc2cccc(-c3nnnn3C3CC3)c2)cc1OC. The van der Waals surface area contributed by atoms with Gasteiger partial charge in [-0.25, -0.2) is 4.68 Å². The van der Waals surface area contributed by atoms with Crippen molar-refractivity contribution in [3.05, 3.63) is 66.8 Å². The summed E-state index contributed by atoms with van der Waals surface area (Å²) in [6.07, 6.45) is 7.03. The molecule has 0 atom stereocenters. The van der Waals surface area contributed by atoms with E-state index in [1.54, 1.807) is 31.4 Å². The molecule has 8 heteroatoms. The van der Waals surface area contributed by atoms with Crippen LogP contribution in [0, 0.1) is 0 Å². The van der Waals surface area contributed by atoms with Crippen LogP contribution in [-0.4, -0.2) is 39.8 Å². The van der Waals surface area contributed by atoms with Crippen LogP contribution in [0.1, 0.15) is 24.4 Å². The summed E-state index contributed by atoms with van der Waals surface area (Å²) in [6, 6.07) is 13.3. The summed E-state index contributed by atoms with van der Waals surface area (Å²) >= 11 is 0. The highest BCUT2D eigenvalue weighted by molar-refractivity contribution is 6.02. The van der Waals surface area contributed by atoms with E-state index in [1.807, 2.05) is 35.0 Å². The molecule has 0 saturated heterocycles. The minimum absolute atomic E-state index is 0.245. The van der Waals surface area contributed by atoms with E-state index in [-0.39, 0.29) is 5.91 Å². The molecule has 1 fully saturated rings. The Bertz CT molecular complexity index is 1120. The van der Waals surface area contributed by atoms with Crippen molar-refractivity contribution >= 4 is 17.7 Å². The molecule has 4 rings (SSSR count). The Morgan fingerprint density at radius 2 is 2.13 bits per heavy atom. The molecule has 0 bridgehead atoms. The lowest BCUT2D eigenvalue weighted by Gasteiger charge is -2.09. The lowest BCUT2D eigenvalue weighted by molar-refractivity contribution is -0.111. The average molecular weight is 417 g/mol. The molecule has 1 aliphatic rings. The fourth-order valence-electron chi connectivity index (χ4n) is 3.10. The number of anilines is 1. The van der Waals surface area contributed by atoms with E-state index in [2.05, 4.69) is 27.4 Å². The molecule has 1 N–H and O–H groups in total. The van der Waals surface area contributed by atoms with Gasteiger partial charge >= 0.3 is 0 Å².